The second kappa shape index (κ2) is 9.34. The molecule has 5 heteroatoms. The predicted molar refractivity (Wildman–Crippen MR) is 97.3 cm³/mol. The highest BCUT2D eigenvalue weighted by Crippen LogP contribution is 2.19. The van der Waals surface area contributed by atoms with Gasteiger partial charge in [0.2, 0.25) is 0 Å². The fourth-order valence-electron chi connectivity index (χ4n) is 3.03. The average molecular weight is 357 g/mol. The first-order valence-electron chi connectivity index (χ1n) is 8.98. The molecule has 0 spiro atoms. The van der Waals surface area contributed by atoms with Crippen LogP contribution in [0.1, 0.15) is 18.4 Å². The van der Waals surface area contributed by atoms with E-state index in [1.807, 2.05) is 23.1 Å². The summed E-state index contributed by atoms with van der Waals surface area (Å²) >= 11 is 0. The number of hydrogen-bond acceptors (Lipinski definition) is 3. The van der Waals surface area contributed by atoms with Crippen LogP contribution in [-0.2, 0) is 16.1 Å². The van der Waals surface area contributed by atoms with Crippen LogP contribution in [0.4, 0.5) is 4.39 Å². The van der Waals surface area contributed by atoms with Crippen molar-refractivity contribution in [3.05, 3.63) is 66.0 Å². The Balaban J connectivity index is 1.33. The van der Waals surface area contributed by atoms with Gasteiger partial charge in [-0.1, -0.05) is 30.3 Å². The van der Waals surface area contributed by atoms with Crippen LogP contribution >= 0.6 is 0 Å². The van der Waals surface area contributed by atoms with Crippen molar-refractivity contribution in [3.8, 4) is 5.75 Å². The summed E-state index contributed by atoms with van der Waals surface area (Å²) in [6.07, 6.45) is 1.88. The van der Waals surface area contributed by atoms with Crippen LogP contribution in [-0.4, -0.2) is 37.1 Å². The van der Waals surface area contributed by atoms with Crippen molar-refractivity contribution in [2.45, 2.75) is 19.4 Å². The molecule has 1 fully saturated rings. The second-order valence-electron chi connectivity index (χ2n) is 6.57. The number of piperidine rings is 1. The Morgan fingerprint density at radius 2 is 1.73 bits per heavy atom. The van der Waals surface area contributed by atoms with Gasteiger partial charge >= 0.3 is 0 Å². The fraction of sp³-hybridized carbons (Fsp3) is 0.381. The Kier molecular flexibility index (Phi) is 6.61. The molecule has 1 amide bonds. The van der Waals surface area contributed by atoms with Gasteiger partial charge in [0.1, 0.15) is 11.6 Å². The SMILES string of the molecule is O=C(COc1ccc(F)cc1)N1CCC(COCc2ccccc2)CC1. The first kappa shape index (κ1) is 18.4. The fourth-order valence-corrected chi connectivity index (χ4v) is 3.03. The number of carbonyl (C=O) groups excluding carboxylic acids is 1. The zero-order chi connectivity index (χ0) is 18.2. The van der Waals surface area contributed by atoms with Gasteiger partial charge in [-0.25, -0.2) is 4.39 Å². The number of hydrogen-bond donors (Lipinski definition) is 0. The van der Waals surface area contributed by atoms with E-state index in [2.05, 4.69) is 12.1 Å². The quantitative estimate of drug-likeness (QED) is 0.759. The largest absolute Gasteiger partial charge is 0.484 e. The van der Waals surface area contributed by atoms with E-state index in [1.54, 1.807) is 0 Å². The minimum atomic E-state index is -0.319. The summed E-state index contributed by atoms with van der Waals surface area (Å²) in [5.74, 6) is 0.642. The van der Waals surface area contributed by atoms with Crippen LogP contribution in [0.2, 0.25) is 0 Å². The standard InChI is InChI=1S/C21H24FNO3/c22-19-6-8-20(9-7-19)26-16-21(24)23-12-10-18(11-13-23)15-25-14-17-4-2-1-3-5-17/h1-9,18H,10-16H2. The molecule has 0 aliphatic carbocycles. The Morgan fingerprint density at radius 3 is 2.42 bits per heavy atom. The highest BCUT2D eigenvalue weighted by atomic mass is 19.1. The van der Waals surface area contributed by atoms with Crippen LogP contribution in [0.3, 0.4) is 0 Å². The summed E-state index contributed by atoms with van der Waals surface area (Å²) in [4.78, 5) is 14.1. The van der Waals surface area contributed by atoms with Crippen molar-refractivity contribution in [2.75, 3.05) is 26.3 Å². The van der Waals surface area contributed by atoms with Gasteiger partial charge < -0.3 is 14.4 Å². The summed E-state index contributed by atoms with van der Waals surface area (Å²) in [6.45, 7) is 2.80. The molecule has 1 aliphatic rings. The minimum Gasteiger partial charge on any atom is -0.484 e. The molecule has 1 aliphatic heterocycles. The van der Waals surface area contributed by atoms with Gasteiger partial charge in [-0.3, -0.25) is 4.79 Å². The van der Waals surface area contributed by atoms with E-state index >= 15 is 0 Å². The van der Waals surface area contributed by atoms with Gasteiger partial charge in [0.25, 0.3) is 5.91 Å². The van der Waals surface area contributed by atoms with Gasteiger partial charge in [0.05, 0.1) is 6.61 Å². The first-order valence-corrected chi connectivity index (χ1v) is 8.98. The zero-order valence-corrected chi connectivity index (χ0v) is 14.8. The van der Waals surface area contributed by atoms with E-state index in [0.717, 1.165) is 32.5 Å². The van der Waals surface area contributed by atoms with Crippen molar-refractivity contribution >= 4 is 5.91 Å². The number of likely N-dealkylation sites (tertiary alicyclic amines) is 1. The third-order valence-corrected chi connectivity index (χ3v) is 4.61. The molecule has 0 atom stereocenters. The molecule has 0 unspecified atom stereocenters. The molecule has 3 rings (SSSR count). The molecule has 0 aromatic heterocycles. The summed E-state index contributed by atoms with van der Waals surface area (Å²) < 4.78 is 24.1. The van der Waals surface area contributed by atoms with Crippen LogP contribution in [0.5, 0.6) is 5.75 Å². The number of benzene rings is 2. The van der Waals surface area contributed by atoms with E-state index in [0.29, 0.717) is 18.3 Å². The Hall–Kier alpha value is -2.40. The molecule has 0 saturated carbocycles. The highest BCUT2D eigenvalue weighted by molar-refractivity contribution is 5.77. The predicted octanol–water partition coefficient (Wildman–Crippen LogP) is 3.66. The number of amides is 1. The van der Waals surface area contributed by atoms with E-state index < -0.39 is 0 Å². The molecule has 2 aromatic rings. The molecule has 0 radical (unpaired) electrons. The Bertz CT molecular complexity index is 682. The maximum Gasteiger partial charge on any atom is 0.260 e. The Labute approximate surface area is 153 Å². The van der Waals surface area contributed by atoms with Crippen molar-refractivity contribution in [3.63, 3.8) is 0 Å². The van der Waals surface area contributed by atoms with Gasteiger partial charge in [-0.15, -0.1) is 0 Å². The van der Waals surface area contributed by atoms with Crippen molar-refractivity contribution in [2.24, 2.45) is 5.92 Å². The van der Waals surface area contributed by atoms with Crippen molar-refractivity contribution < 1.29 is 18.7 Å². The maximum absolute atomic E-state index is 12.9. The number of nitrogens with zero attached hydrogens (tertiary/aromatic N) is 1. The van der Waals surface area contributed by atoms with Gasteiger partial charge in [-0.05, 0) is 48.6 Å². The maximum atomic E-state index is 12.9. The van der Waals surface area contributed by atoms with Gasteiger partial charge in [0, 0.05) is 19.7 Å². The molecular weight excluding hydrogens is 333 g/mol. The third kappa shape index (κ3) is 5.56. The lowest BCUT2D eigenvalue weighted by Gasteiger charge is -2.31. The van der Waals surface area contributed by atoms with E-state index in [-0.39, 0.29) is 18.3 Å². The number of rotatable bonds is 7. The summed E-state index contributed by atoms with van der Waals surface area (Å²) in [5, 5.41) is 0. The summed E-state index contributed by atoms with van der Waals surface area (Å²) in [5.41, 5.74) is 1.18. The topological polar surface area (TPSA) is 38.8 Å². The summed E-state index contributed by atoms with van der Waals surface area (Å²) in [6, 6.07) is 15.8. The second-order valence-corrected chi connectivity index (χ2v) is 6.57. The lowest BCUT2D eigenvalue weighted by atomic mass is 9.98. The van der Waals surface area contributed by atoms with Crippen LogP contribution in [0, 0.1) is 11.7 Å². The lowest BCUT2D eigenvalue weighted by molar-refractivity contribution is -0.135. The molecule has 4 nitrogen and oxygen atoms in total. The lowest BCUT2D eigenvalue weighted by Crippen LogP contribution is -2.41. The normalized spacial score (nSPS) is 15.0. The summed E-state index contributed by atoms with van der Waals surface area (Å²) in [7, 11) is 0. The molecular formula is C21H24FNO3. The van der Waals surface area contributed by atoms with Gasteiger partial charge in [0.15, 0.2) is 6.61 Å². The number of ether oxygens (including phenoxy) is 2. The van der Waals surface area contributed by atoms with E-state index in [1.165, 1.54) is 29.8 Å². The third-order valence-electron chi connectivity index (χ3n) is 4.61. The zero-order valence-electron chi connectivity index (χ0n) is 14.8. The van der Waals surface area contributed by atoms with Crippen LogP contribution < -0.4 is 4.74 Å². The van der Waals surface area contributed by atoms with Crippen molar-refractivity contribution in [1.82, 2.24) is 4.90 Å². The van der Waals surface area contributed by atoms with E-state index in [4.69, 9.17) is 9.47 Å². The molecule has 0 bridgehead atoms. The average Bonchev–Trinajstić information content (AvgIpc) is 2.69. The molecule has 0 N–H and O–H groups in total. The van der Waals surface area contributed by atoms with Crippen molar-refractivity contribution in [1.29, 1.82) is 0 Å². The van der Waals surface area contributed by atoms with E-state index in [9.17, 15) is 9.18 Å². The molecule has 1 heterocycles. The minimum absolute atomic E-state index is 0.0131. The number of carbonyl (C=O) groups is 1. The van der Waals surface area contributed by atoms with Crippen LogP contribution in [0.25, 0.3) is 0 Å². The molecule has 1 saturated heterocycles. The Morgan fingerprint density at radius 1 is 1.04 bits per heavy atom. The molecule has 138 valence electrons. The number of halogens is 1. The first-order chi connectivity index (χ1) is 12.7. The smallest absolute Gasteiger partial charge is 0.260 e. The highest BCUT2D eigenvalue weighted by Gasteiger charge is 2.23. The monoisotopic (exact) mass is 357 g/mol. The van der Waals surface area contributed by atoms with Crippen LogP contribution in [0.15, 0.2) is 54.6 Å². The van der Waals surface area contributed by atoms with Gasteiger partial charge in [-0.2, -0.15) is 0 Å². The molecule has 26 heavy (non-hydrogen) atoms. The molecule has 2 aromatic carbocycles.